The van der Waals surface area contributed by atoms with Crippen molar-refractivity contribution < 1.29 is 9.72 Å². The molecule has 1 aromatic heterocycles. The monoisotopic (exact) mass is 351 g/mol. The molecule has 124 valence electrons. The predicted octanol–water partition coefficient (Wildman–Crippen LogP) is 4.37. The third-order valence-corrected chi connectivity index (χ3v) is 4.26. The molecule has 3 aromatic rings. The van der Waals surface area contributed by atoms with Crippen molar-refractivity contribution in [2.24, 2.45) is 0 Å². The van der Waals surface area contributed by atoms with Gasteiger partial charge in [0, 0.05) is 24.4 Å². The molecule has 0 fully saturated rings. The summed E-state index contributed by atoms with van der Waals surface area (Å²) in [6.45, 7) is 0. The average Bonchev–Trinajstić information content (AvgIpc) is 3.09. The lowest BCUT2D eigenvalue weighted by molar-refractivity contribution is -0.384. The van der Waals surface area contributed by atoms with E-state index in [9.17, 15) is 14.9 Å². The van der Waals surface area contributed by atoms with Crippen molar-refractivity contribution in [3.8, 4) is 10.4 Å². The molecule has 0 radical (unpaired) electrons. The molecular formula is C18H13N3O3S. The molecule has 0 aliphatic rings. The van der Waals surface area contributed by atoms with Crippen molar-refractivity contribution in [3.05, 3.63) is 82.5 Å². The Hall–Kier alpha value is -3.32. The fourth-order valence-corrected chi connectivity index (χ4v) is 2.95. The molecule has 3 rings (SSSR count). The fourth-order valence-electron chi connectivity index (χ4n) is 2.13. The first kappa shape index (κ1) is 16.5. The summed E-state index contributed by atoms with van der Waals surface area (Å²) < 4.78 is 0. The number of nitro benzene ring substituents is 1. The van der Waals surface area contributed by atoms with Crippen LogP contribution in [0.4, 0.5) is 10.8 Å². The summed E-state index contributed by atoms with van der Waals surface area (Å²) in [6, 6.07) is 15.8. The number of anilines is 1. The summed E-state index contributed by atoms with van der Waals surface area (Å²) in [4.78, 5) is 27.4. The van der Waals surface area contributed by atoms with E-state index in [1.807, 2.05) is 30.3 Å². The van der Waals surface area contributed by atoms with Gasteiger partial charge in [-0.05, 0) is 17.2 Å². The van der Waals surface area contributed by atoms with E-state index in [0.717, 1.165) is 10.4 Å². The Balaban J connectivity index is 1.66. The minimum Gasteiger partial charge on any atom is -0.298 e. The Kier molecular flexibility index (Phi) is 4.96. The van der Waals surface area contributed by atoms with E-state index >= 15 is 0 Å². The maximum Gasteiger partial charge on any atom is 0.270 e. The first-order valence-electron chi connectivity index (χ1n) is 7.36. The molecule has 0 atom stereocenters. The largest absolute Gasteiger partial charge is 0.298 e. The van der Waals surface area contributed by atoms with Gasteiger partial charge in [-0.25, -0.2) is 4.98 Å². The van der Waals surface area contributed by atoms with Gasteiger partial charge in [0.05, 0.1) is 9.80 Å². The second kappa shape index (κ2) is 7.50. The Labute approximate surface area is 147 Å². The molecule has 1 amide bonds. The molecular weight excluding hydrogens is 338 g/mol. The van der Waals surface area contributed by atoms with Gasteiger partial charge in [-0.3, -0.25) is 20.2 Å². The third-order valence-electron chi connectivity index (χ3n) is 3.30. The van der Waals surface area contributed by atoms with E-state index in [2.05, 4.69) is 10.3 Å². The van der Waals surface area contributed by atoms with Crippen molar-refractivity contribution in [1.82, 2.24) is 4.98 Å². The number of nitrogens with one attached hydrogen (secondary N) is 1. The number of aromatic nitrogens is 1. The summed E-state index contributed by atoms with van der Waals surface area (Å²) in [5.41, 5.74) is 1.59. The van der Waals surface area contributed by atoms with Gasteiger partial charge in [0.1, 0.15) is 0 Å². The normalized spacial score (nSPS) is 10.7. The molecule has 0 aliphatic carbocycles. The van der Waals surface area contributed by atoms with Gasteiger partial charge < -0.3 is 0 Å². The van der Waals surface area contributed by atoms with Crippen LogP contribution < -0.4 is 5.32 Å². The van der Waals surface area contributed by atoms with Gasteiger partial charge in [0.25, 0.3) is 5.69 Å². The zero-order chi connectivity index (χ0) is 17.6. The van der Waals surface area contributed by atoms with Crippen LogP contribution in [0.25, 0.3) is 16.5 Å². The summed E-state index contributed by atoms with van der Waals surface area (Å²) >= 11 is 1.38. The molecule has 7 heteroatoms. The maximum atomic E-state index is 12.0. The van der Waals surface area contributed by atoms with Crippen LogP contribution in [0.1, 0.15) is 5.56 Å². The lowest BCUT2D eigenvalue weighted by Gasteiger charge is -1.97. The van der Waals surface area contributed by atoms with E-state index in [1.165, 1.54) is 35.6 Å². The topological polar surface area (TPSA) is 85.1 Å². The van der Waals surface area contributed by atoms with Crippen molar-refractivity contribution in [1.29, 1.82) is 0 Å². The Morgan fingerprint density at radius 3 is 2.72 bits per heavy atom. The predicted molar refractivity (Wildman–Crippen MR) is 98.3 cm³/mol. The van der Waals surface area contributed by atoms with Crippen molar-refractivity contribution in [2.75, 3.05) is 5.32 Å². The fraction of sp³-hybridized carbons (Fsp3) is 0. The van der Waals surface area contributed by atoms with Crippen molar-refractivity contribution in [3.63, 3.8) is 0 Å². The Morgan fingerprint density at radius 1 is 1.16 bits per heavy atom. The lowest BCUT2D eigenvalue weighted by atomic mass is 10.2. The number of non-ortho nitro benzene ring substituents is 1. The van der Waals surface area contributed by atoms with E-state index in [4.69, 9.17) is 0 Å². The second-order valence-corrected chi connectivity index (χ2v) is 6.10. The van der Waals surface area contributed by atoms with E-state index in [1.54, 1.807) is 18.3 Å². The van der Waals surface area contributed by atoms with Gasteiger partial charge >= 0.3 is 0 Å². The van der Waals surface area contributed by atoms with Crippen LogP contribution in [-0.2, 0) is 4.79 Å². The van der Waals surface area contributed by atoms with Crippen LogP contribution in [0, 0.1) is 10.1 Å². The molecule has 0 saturated heterocycles. The highest BCUT2D eigenvalue weighted by Crippen LogP contribution is 2.28. The Bertz CT molecular complexity index is 936. The van der Waals surface area contributed by atoms with Crippen LogP contribution in [0.5, 0.6) is 0 Å². The SMILES string of the molecule is O=C(/C=C/c1cccc([N+](=O)[O-])c1)Nc1ncc(-c2ccccc2)s1. The van der Waals surface area contributed by atoms with Crippen LogP contribution in [0.2, 0.25) is 0 Å². The van der Waals surface area contributed by atoms with Gasteiger partial charge in [-0.2, -0.15) is 0 Å². The number of nitro groups is 1. The molecule has 1 heterocycles. The average molecular weight is 351 g/mol. The van der Waals surface area contributed by atoms with E-state index < -0.39 is 4.92 Å². The zero-order valence-corrected chi connectivity index (χ0v) is 13.8. The van der Waals surface area contributed by atoms with E-state index in [-0.39, 0.29) is 11.6 Å². The van der Waals surface area contributed by atoms with Crippen molar-refractivity contribution in [2.45, 2.75) is 0 Å². The first-order valence-corrected chi connectivity index (χ1v) is 8.18. The number of thiazole rings is 1. The summed E-state index contributed by atoms with van der Waals surface area (Å²) in [7, 11) is 0. The number of hydrogen-bond acceptors (Lipinski definition) is 5. The van der Waals surface area contributed by atoms with Crippen LogP contribution in [-0.4, -0.2) is 15.8 Å². The molecule has 0 spiro atoms. The molecule has 2 aromatic carbocycles. The second-order valence-electron chi connectivity index (χ2n) is 5.07. The quantitative estimate of drug-likeness (QED) is 0.420. The summed E-state index contributed by atoms with van der Waals surface area (Å²) in [5.74, 6) is -0.347. The van der Waals surface area contributed by atoms with Gasteiger partial charge in [0.15, 0.2) is 5.13 Å². The number of hydrogen-bond donors (Lipinski definition) is 1. The Morgan fingerprint density at radius 2 is 1.96 bits per heavy atom. The smallest absolute Gasteiger partial charge is 0.270 e. The van der Waals surface area contributed by atoms with Crippen LogP contribution >= 0.6 is 11.3 Å². The van der Waals surface area contributed by atoms with Crippen molar-refractivity contribution >= 4 is 34.1 Å². The molecule has 0 unspecified atom stereocenters. The van der Waals surface area contributed by atoms with Crippen LogP contribution in [0.3, 0.4) is 0 Å². The minimum atomic E-state index is -0.474. The third kappa shape index (κ3) is 4.36. The highest BCUT2D eigenvalue weighted by Gasteiger charge is 2.07. The highest BCUT2D eigenvalue weighted by atomic mass is 32.1. The lowest BCUT2D eigenvalue weighted by Crippen LogP contribution is -2.07. The summed E-state index contributed by atoms with van der Waals surface area (Å²) in [5, 5.41) is 13.9. The molecule has 0 bridgehead atoms. The standard InChI is InChI=1S/C18H13N3O3S/c22-17(10-9-13-5-4-8-15(11-13)21(23)24)20-18-19-12-16(25-18)14-6-2-1-3-7-14/h1-12H,(H,19,20,22)/b10-9+. The van der Waals surface area contributed by atoms with Gasteiger partial charge in [-0.1, -0.05) is 53.8 Å². The number of benzene rings is 2. The number of carbonyl (C=O) groups is 1. The highest BCUT2D eigenvalue weighted by molar-refractivity contribution is 7.19. The molecule has 0 aliphatic heterocycles. The molecule has 0 saturated carbocycles. The maximum absolute atomic E-state index is 12.0. The molecule has 1 N–H and O–H groups in total. The number of amides is 1. The number of carbonyl (C=O) groups excluding carboxylic acids is 1. The summed E-state index contributed by atoms with van der Waals surface area (Å²) in [6.07, 6.45) is 4.55. The molecule has 6 nitrogen and oxygen atoms in total. The molecule has 25 heavy (non-hydrogen) atoms. The number of rotatable bonds is 5. The first-order chi connectivity index (χ1) is 12.1. The minimum absolute atomic E-state index is 0.0185. The zero-order valence-electron chi connectivity index (χ0n) is 13.0. The van der Waals surface area contributed by atoms with Gasteiger partial charge in [-0.15, -0.1) is 0 Å². The van der Waals surface area contributed by atoms with Gasteiger partial charge in [0.2, 0.25) is 5.91 Å². The van der Waals surface area contributed by atoms with Crippen LogP contribution in [0.15, 0.2) is 66.9 Å². The van der Waals surface area contributed by atoms with E-state index in [0.29, 0.717) is 10.7 Å². The number of nitrogens with zero attached hydrogens (tertiary/aromatic N) is 2.